The normalized spacial score (nSPS) is 18.8. The molecule has 1 aliphatic rings. The van der Waals surface area contributed by atoms with Gasteiger partial charge >= 0.3 is 12.0 Å². The van der Waals surface area contributed by atoms with Gasteiger partial charge in [-0.3, -0.25) is 9.69 Å². The van der Waals surface area contributed by atoms with Gasteiger partial charge in [0, 0.05) is 18.7 Å². The van der Waals surface area contributed by atoms with Crippen molar-refractivity contribution in [1.29, 1.82) is 0 Å². The number of hydrogen-bond donors (Lipinski definition) is 2. The fourth-order valence-corrected chi connectivity index (χ4v) is 2.02. The third kappa shape index (κ3) is 2.58. The summed E-state index contributed by atoms with van der Waals surface area (Å²) in [6, 6.07) is 5.13. The molecule has 1 aromatic carbocycles. The molecular weight excluding hydrogens is 239 g/mol. The highest BCUT2D eigenvalue weighted by Gasteiger charge is 2.32. The van der Waals surface area contributed by atoms with Crippen LogP contribution >= 0.6 is 0 Å². The molecule has 1 aliphatic heterocycles. The Bertz CT molecular complexity index is 478. The molecule has 1 heterocycles. The Morgan fingerprint density at radius 3 is 3.00 bits per heavy atom. The first-order valence-corrected chi connectivity index (χ1v) is 5.62. The Hall–Kier alpha value is -2.11. The van der Waals surface area contributed by atoms with Crippen LogP contribution in [0.2, 0.25) is 0 Å². The maximum absolute atomic E-state index is 13.1. The molecule has 2 amide bonds. The van der Waals surface area contributed by atoms with Crippen molar-refractivity contribution in [2.75, 3.05) is 11.4 Å². The van der Waals surface area contributed by atoms with Crippen LogP contribution in [-0.4, -0.2) is 29.7 Å². The average molecular weight is 252 g/mol. The average Bonchev–Trinajstić information content (AvgIpc) is 2.68. The third-order valence-corrected chi connectivity index (χ3v) is 2.85. The molecule has 1 unspecified atom stereocenters. The number of urea groups is 1. The van der Waals surface area contributed by atoms with Crippen LogP contribution in [0.5, 0.6) is 0 Å². The van der Waals surface area contributed by atoms with Crippen molar-refractivity contribution < 1.29 is 19.1 Å². The minimum absolute atomic E-state index is 0.0224. The number of carbonyl (C=O) groups excluding carboxylic acids is 1. The van der Waals surface area contributed by atoms with E-state index in [1.165, 1.54) is 23.1 Å². The van der Waals surface area contributed by atoms with E-state index in [0.717, 1.165) is 0 Å². The first-order valence-electron chi connectivity index (χ1n) is 5.62. The summed E-state index contributed by atoms with van der Waals surface area (Å²) in [6.07, 6.45) is 0.316. The van der Waals surface area contributed by atoms with Crippen LogP contribution in [0.15, 0.2) is 24.3 Å². The number of anilines is 1. The molecule has 2 N–H and O–H groups in total. The van der Waals surface area contributed by atoms with E-state index in [1.807, 2.05) is 0 Å². The van der Waals surface area contributed by atoms with Crippen LogP contribution in [0.25, 0.3) is 0 Å². The number of benzene rings is 1. The Morgan fingerprint density at radius 1 is 1.56 bits per heavy atom. The van der Waals surface area contributed by atoms with Crippen molar-refractivity contribution in [3.63, 3.8) is 0 Å². The van der Waals surface area contributed by atoms with E-state index in [2.05, 4.69) is 5.32 Å². The third-order valence-electron chi connectivity index (χ3n) is 2.85. The molecule has 0 spiro atoms. The van der Waals surface area contributed by atoms with Gasteiger partial charge in [0.05, 0.1) is 6.04 Å². The molecule has 0 saturated carbocycles. The SMILES string of the molecule is O=C(O)CCC1CNC(=O)N1c1cccc(F)c1. The zero-order valence-electron chi connectivity index (χ0n) is 9.60. The van der Waals surface area contributed by atoms with Crippen LogP contribution < -0.4 is 10.2 Å². The minimum Gasteiger partial charge on any atom is -0.481 e. The second kappa shape index (κ2) is 5.03. The molecular formula is C12H13FN2O3. The number of amides is 2. The Kier molecular flexibility index (Phi) is 3.45. The molecule has 96 valence electrons. The summed E-state index contributed by atoms with van der Waals surface area (Å²) in [6.45, 7) is 0.378. The van der Waals surface area contributed by atoms with Crippen LogP contribution in [-0.2, 0) is 4.79 Å². The van der Waals surface area contributed by atoms with E-state index in [9.17, 15) is 14.0 Å². The number of aliphatic carboxylic acids is 1. The summed E-state index contributed by atoms with van der Waals surface area (Å²) in [5, 5.41) is 11.3. The van der Waals surface area contributed by atoms with E-state index in [-0.39, 0.29) is 18.5 Å². The Balaban J connectivity index is 2.17. The van der Waals surface area contributed by atoms with E-state index < -0.39 is 11.8 Å². The van der Waals surface area contributed by atoms with Crippen LogP contribution in [0, 0.1) is 5.82 Å². The fourth-order valence-electron chi connectivity index (χ4n) is 2.02. The standard InChI is InChI=1S/C12H13FN2O3/c13-8-2-1-3-9(6-8)15-10(4-5-11(16)17)7-14-12(15)18/h1-3,6,10H,4-5,7H2,(H,14,18)(H,16,17). The van der Waals surface area contributed by atoms with Crippen LogP contribution in [0.3, 0.4) is 0 Å². The number of rotatable bonds is 4. The lowest BCUT2D eigenvalue weighted by molar-refractivity contribution is -0.137. The molecule has 2 rings (SSSR count). The van der Waals surface area contributed by atoms with Crippen molar-refractivity contribution in [2.45, 2.75) is 18.9 Å². The Morgan fingerprint density at radius 2 is 2.33 bits per heavy atom. The number of halogens is 1. The summed E-state index contributed by atoms with van der Waals surface area (Å²) >= 11 is 0. The zero-order chi connectivity index (χ0) is 13.1. The van der Waals surface area contributed by atoms with E-state index in [4.69, 9.17) is 5.11 Å². The maximum Gasteiger partial charge on any atom is 0.322 e. The number of nitrogens with one attached hydrogen (secondary N) is 1. The van der Waals surface area contributed by atoms with Crippen LogP contribution in [0.4, 0.5) is 14.9 Å². The molecule has 6 heteroatoms. The summed E-state index contributed by atoms with van der Waals surface area (Å²) in [5.41, 5.74) is 0.445. The fraction of sp³-hybridized carbons (Fsp3) is 0.333. The van der Waals surface area contributed by atoms with Gasteiger partial charge in [-0.25, -0.2) is 9.18 Å². The topological polar surface area (TPSA) is 69.6 Å². The molecule has 1 saturated heterocycles. The summed E-state index contributed by atoms with van der Waals surface area (Å²) < 4.78 is 13.1. The van der Waals surface area contributed by atoms with Crippen molar-refractivity contribution >= 4 is 17.7 Å². The van der Waals surface area contributed by atoms with Gasteiger partial charge in [-0.1, -0.05) is 6.07 Å². The van der Waals surface area contributed by atoms with Gasteiger partial charge in [0.25, 0.3) is 0 Å². The molecule has 0 radical (unpaired) electrons. The van der Waals surface area contributed by atoms with Crippen molar-refractivity contribution in [3.05, 3.63) is 30.1 Å². The number of carboxylic acids is 1. The lowest BCUT2D eigenvalue weighted by atomic mass is 10.1. The minimum atomic E-state index is -0.909. The second-order valence-corrected chi connectivity index (χ2v) is 4.12. The van der Waals surface area contributed by atoms with Crippen LogP contribution in [0.1, 0.15) is 12.8 Å². The van der Waals surface area contributed by atoms with Gasteiger partial charge in [-0.15, -0.1) is 0 Å². The lowest BCUT2D eigenvalue weighted by Crippen LogP contribution is -2.34. The first-order chi connectivity index (χ1) is 8.58. The molecule has 1 atom stereocenters. The highest BCUT2D eigenvalue weighted by molar-refractivity contribution is 5.95. The van der Waals surface area contributed by atoms with Crippen molar-refractivity contribution in [2.24, 2.45) is 0 Å². The number of nitrogens with zero attached hydrogens (tertiary/aromatic N) is 1. The zero-order valence-corrected chi connectivity index (χ0v) is 9.60. The van der Waals surface area contributed by atoms with Gasteiger partial charge in [-0.05, 0) is 24.6 Å². The molecule has 18 heavy (non-hydrogen) atoms. The maximum atomic E-state index is 13.1. The molecule has 0 aromatic heterocycles. The number of carboxylic acid groups (broad SMARTS) is 1. The smallest absolute Gasteiger partial charge is 0.322 e. The predicted octanol–water partition coefficient (Wildman–Crippen LogP) is 1.59. The summed E-state index contributed by atoms with van der Waals surface area (Å²) in [7, 11) is 0. The van der Waals surface area contributed by atoms with Gasteiger partial charge in [0.15, 0.2) is 0 Å². The van der Waals surface area contributed by atoms with Crippen molar-refractivity contribution in [1.82, 2.24) is 5.32 Å². The molecule has 0 aliphatic carbocycles. The van der Waals surface area contributed by atoms with E-state index in [1.54, 1.807) is 6.07 Å². The molecule has 1 aromatic rings. The molecule has 1 fully saturated rings. The van der Waals surface area contributed by atoms with Gasteiger partial charge in [0.1, 0.15) is 5.82 Å². The van der Waals surface area contributed by atoms with Crippen molar-refractivity contribution in [3.8, 4) is 0 Å². The van der Waals surface area contributed by atoms with Gasteiger partial charge < -0.3 is 10.4 Å². The molecule has 0 bridgehead atoms. The first kappa shape index (κ1) is 12.3. The molecule has 5 nitrogen and oxygen atoms in total. The second-order valence-electron chi connectivity index (χ2n) is 4.12. The summed E-state index contributed by atoms with van der Waals surface area (Å²) in [5.74, 6) is -1.34. The largest absolute Gasteiger partial charge is 0.481 e. The quantitative estimate of drug-likeness (QED) is 0.854. The number of carbonyl (C=O) groups is 2. The predicted molar refractivity (Wildman–Crippen MR) is 62.9 cm³/mol. The highest BCUT2D eigenvalue weighted by atomic mass is 19.1. The van der Waals surface area contributed by atoms with E-state index >= 15 is 0 Å². The lowest BCUT2D eigenvalue weighted by Gasteiger charge is -2.22. The monoisotopic (exact) mass is 252 g/mol. The van der Waals surface area contributed by atoms with Gasteiger partial charge in [-0.2, -0.15) is 0 Å². The number of hydrogen-bond acceptors (Lipinski definition) is 2. The summed E-state index contributed by atoms with van der Waals surface area (Å²) in [4.78, 5) is 23.6. The highest BCUT2D eigenvalue weighted by Crippen LogP contribution is 2.23. The van der Waals surface area contributed by atoms with Gasteiger partial charge in [0.2, 0.25) is 0 Å². The van der Waals surface area contributed by atoms with E-state index in [0.29, 0.717) is 18.7 Å². The Labute approximate surface area is 103 Å².